The maximum absolute atomic E-state index is 6.54. The molecule has 3 aromatic heterocycles. The van der Waals surface area contributed by atoms with Gasteiger partial charge in [-0.15, -0.1) is 11.3 Å². The fourth-order valence-electron chi connectivity index (χ4n) is 7.31. The van der Waals surface area contributed by atoms with E-state index in [-0.39, 0.29) is 0 Å². The van der Waals surface area contributed by atoms with E-state index in [2.05, 4.69) is 91.0 Å². The normalized spacial score (nSPS) is 14.4. The van der Waals surface area contributed by atoms with Crippen LogP contribution in [0.15, 0.2) is 162 Å². The molecule has 3 heterocycles. The van der Waals surface area contributed by atoms with Gasteiger partial charge in [-0.05, 0) is 53.4 Å². The second-order valence-corrected chi connectivity index (χ2v) is 13.7. The third-order valence-corrected chi connectivity index (χ3v) is 10.9. The predicted octanol–water partition coefficient (Wildman–Crippen LogP) is 12.4. The van der Waals surface area contributed by atoms with Crippen molar-refractivity contribution in [2.75, 3.05) is 0 Å². The molecule has 0 bridgehead atoms. The van der Waals surface area contributed by atoms with E-state index in [9.17, 15) is 0 Å². The smallest absolute Gasteiger partial charge is 0.165 e. The molecule has 0 saturated heterocycles. The third-order valence-electron chi connectivity index (χ3n) is 9.66. The number of furan rings is 1. The molecule has 0 fully saturated rings. The highest BCUT2D eigenvalue weighted by atomic mass is 32.1. The van der Waals surface area contributed by atoms with Gasteiger partial charge in [0.15, 0.2) is 17.5 Å². The Labute approximate surface area is 292 Å². The number of thiophene rings is 1. The minimum atomic E-state index is 0.294. The average Bonchev–Trinajstić information content (AvgIpc) is 3.77. The molecule has 1 aliphatic rings. The van der Waals surface area contributed by atoms with Crippen molar-refractivity contribution in [3.05, 3.63) is 163 Å². The Balaban J connectivity index is 1.23. The average molecular weight is 660 g/mol. The minimum Gasteiger partial charge on any atom is -0.456 e. The van der Waals surface area contributed by atoms with Crippen LogP contribution in [-0.2, 0) is 0 Å². The van der Waals surface area contributed by atoms with Gasteiger partial charge in [-0.25, -0.2) is 15.0 Å². The van der Waals surface area contributed by atoms with Crippen LogP contribution in [0.5, 0.6) is 0 Å². The molecule has 0 saturated carbocycles. The van der Waals surface area contributed by atoms with Gasteiger partial charge in [0.05, 0.1) is 0 Å². The van der Waals surface area contributed by atoms with E-state index in [1.807, 2.05) is 66.7 Å². The van der Waals surface area contributed by atoms with Gasteiger partial charge in [0.2, 0.25) is 0 Å². The first-order valence-corrected chi connectivity index (χ1v) is 17.7. The van der Waals surface area contributed by atoms with E-state index in [0.717, 1.165) is 49.7 Å². The number of aromatic nitrogens is 3. The van der Waals surface area contributed by atoms with Crippen LogP contribution in [0.4, 0.5) is 0 Å². The largest absolute Gasteiger partial charge is 0.456 e. The summed E-state index contributed by atoms with van der Waals surface area (Å²) in [6.07, 6.45) is 9.79. The Morgan fingerprint density at radius 3 is 1.98 bits per heavy atom. The van der Waals surface area contributed by atoms with Crippen LogP contribution in [0.1, 0.15) is 17.9 Å². The lowest BCUT2D eigenvalue weighted by Crippen LogP contribution is -2.00. The second kappa shape index (κ2) is 11.8. The van der Waals surface area contributed by atoms with Crippen molar-refractivity contribution in [2.45, 2.75) is 12.3 Å². The molecule has 0 spiro atoms. The molecule has 6 aromatic carbocycles. The third kappa shape index (κ3) is 4.78. The molecular formula is C45H29N3OS. The standard InChI is InChI=1S/C45H29N3OS/c1-4-14-28(15-5-1)31-26-36(40-33-20-10-11-24-37(33)49-38(40)27-31)32-21-13-25-39-41(32)34-22-12-23-35(42(34)50-39)45-47-43(29-16-6-2-7-17-29)46-44(48-45)30-18-8-3-9-19-30/h1-14,16-28H,15H2. The zero-order chi connectivity index (χ0) is 33.0. The maximum Gasteiger partial charge on any atom is 0.165 e. The van der Waals surface area contributed by atoms with Crippen molar-refractivity contribution in [3.63, 3.8) is 0 Å². The van der Waals surface area contributed by atoms with Gasteiger partial charge in [-0.2, -0.15) is 0 Å². The van der Waals surface area contributed by atoms with Gasteiger partial charge in [-0.3, -0.25) is 0 Å². The summed E-state index contributed by atoms with van der Waals surface area (Å²) in [5, 5.41) is 4.71. The van der Waals surface area contributed by atoms with E-state index in [4.69, 9.17) is 19.4 Å². The summed E-state index contributed by atoms with van der Waals surface area (Å²) >= 11 is 1.79. The maximum atomic E-state index is 6.54. The van der Waals surface area contributed by atoms with E-state index >= 15 is 0 Å². The number of benzene rings is 6. The lowest BCUT2D eigenvalue weighted by molar-refractivity contribution is 0.667. The van der Waals surface area contributed by atoms with Crippen LogP contribution in [0.3, 0.4) is 0 Å². The fraction of sp³-hybridized carbons (Fsp3) is 0.0444. The van der Waals surface area contributed by atoms with Crippen molar-refractivity contribution in [2.24, 2.45) is 0 Å². The minimum absolute atomic E-state index is 0.294. The van der Waals surface area contributed by atoms with Crippen LogP contribution in [0.25, 0.3) is 87.4 Å². The zero-order valence-electron chi connectivity index (χ0n) is 27.0. The Bertz CT molecular complexity index is 2740. The molecule has 0 radical (unpaired) electrons. The van der Waals surface area contributed by atoms with Gasteiger partial charge in [0.1, 0.15) is 11.2 Å². The highest BCUT2D eigenvalue weighted by Gasteiger charge is 2.22. The molecule has 1 aliphatic carbocycles. The number of allylic oxidation sites excluding steroid dienone is 4. The van der Waals surface area contributed by atoms with Crippen molar-refractivity contribution < 1.29 is 4.42 Å². The lowest BCUT2D eigenvalue weighted by atomic mass is 9.87. The van der Waals surface area contributed by atoms with Crippen LogP contribution < -0.4 is 0 Å². The first kappa shape index (κ1) is 28.8. The zero-order valence-corrected chi connectivity index (χ0v) is 27.8. The topological polar surface area (TPSA) is 51.8 Å². The second-order valence-electron chi connectivity index (χ2n) is 12.7. The van der Waals surface area contributed by atoms with Crippen LogP contribution in [-0.4, -0.2) is 15.0 Å². The highest BCUT2D eigenvalue weighted by molar-refractivity contribution is 7.26. The quantitative estimate of drug-likeness (QED) is 0.184. The van der Waals surface area contributed by atoms with Crippen molar-refractivity contribution in [1.29, 1.82) is 0 Å². The summed E-state index contributed by atoms with van der Waals surface area (Å²) in [4.78, 5) is 15.1. The van der Waals surface area contributed by atoms with Crippen LogP contribution in [0, 0.1) is 0 Å². The number of nitrogens with zero attached hydrogens (tertiary/aromatic N) is 3. The number of rotatable bonds is 5. The molecule has 10 rings (SSSR count). The molecule has 1 atom stereocenters. The molecule has 4 nitrogen and oxygen atoms in total. The van der Waals surface area contributed by atoms with Gasteiger partial charge in [0, 0.05) is 53.6 Å². The van der Waals surface area contributed by atoms with E-state index in [0.29, 0.717) is 23.4 Å². The lowest BCUT2D eigenvalue weighted by Gasteiger charge is -2.16. The van der Waals surface area contributed by atoms with Crippen LogP contribution in [0.2, 0.25) is 0 Å². The first-order chi connectivity index (χ1) is 24.8. The van der Waals surface area contributed by atoms with Gasteiger partial charge < -0.3 is 4.42 Å². The van der Waals surface area contributed by atoms with Gasteiger partial charge in [0.25, 0.3) is 0 Å². The molecule has 0 aliphatic heterocycles. The monoisotopic (exact) mass is 659 g/mol. The van der Waals surface area contributed by atoms with Crippen molar-refractivity contribution in [1.82, 2.24) is 15.0 Å². The predicted molar refractivity (Wildman–Crippen MR) is 207 cm³/mol. The molecule has 0 N–H and O–H groups in total. The number of hydrogen-bond donors (Lipinski definition) is 0. The van der Waals surface area contributed by atoms with E-state index in [1.165, 1.54) is 32.2 Å². The Morgan fingerprint density at radius 2 is 1.22 bits per heavy atom. The Hall–Kier alpha value is -6.17. The van der Waals surface area contributed by atoms with Crippen molar-refractivity contribution in [3.8, 4) is 45.3 Å². The van der Waals surface area contributed by atoms with E-state index < -0.39 is 0 Å². The molecule has 50 heavy (non-hydrogen) atoms. The molecular weight excluding hydrogens is 631 g/mol. The fourth-order valence-corrected chi connectivity index (χ4v) is 8.55. The van der Waals surface area contributed by atoms with Crippen LogP contribution >= 0.6 is 11.3 Å². The number of hydrogen-bond acceptors (Lipinski definition) is 5. The van der Waals surface area contributed by atoms with Crippen molar-refractivity contribution >= 4 is 53.4 Å². The Morgan fingerprint density at radius 1 is 0.540 bits per heavy atom. The summed E-state index contributed by atoms with van der Waals surface area (Å²) in [6.45, 7) is 0. The first-order valence-electron chi connectivity index (χ1n) is 16.9. The molecule has 5 heteroatoms. The molecule has 9 aromatic rings. The highest BCUT2D eigenvalue weighted by Crippen LogP contribution is 2.47. The summed E-state index contributed by atoms with van der Waals surface area (Å²) < 4.78 is 8.91. The summed E-state index contributed by atoms with van der Waals surface area (Å²) in [7, 11) is 0. The molecule has 236 valence electrons. The molecule has 0 amide bonds. The Kier molecular flexibility index (Phi) is 6.78. The SMILES string of the molecule is C1=CCC(c2cc(-c3cccc4sc5c(-c6nc(-c7ccccc7)nc(-c7ccccc7)n6)cccc5c34)c3c(c2)oc2ccccc23)C=C1. The summed E-state index contributed by atoms with van der Waals surface area (Å²) in [5.41, 5.74) is 8.39. The number of fused-ring (bicyclic) bond motifs is 6. The van der Waals surface area contributed by atoms with E-state index in [1.54, 1.807) is 11.3 Å². The van der Waals surface area contributed by atoms with Gasteiger partial charge in [-0.1, -0.05) is 127 Å². The summed E-state index contributed by atoms with van der Waals surface area (Å²) in [6, 6.07) is 46.5. The van der Waals surface area contributed by atoms with Gasteiger partial charge >= 0.3 is 0 Å². The summed E-state index contributed by atoms with van der Waals surface area (Å²) in [5.74, 6) is 2.28. The molecule has 1 unspecified atom stereocenters. The number of para-hydroxylation sites is 1.